The quantitative estimate of drug-likeness (QED) is 0.582. The highest BCUT2D eigenvalue weighted by molar-refractivity contribution is 5.90. The minimum Gasteiger partial charge on any atom is -0.477 e. The van der Waals surface area contributed by atoms with Crippen LogP contribution in [0, 0.1) is 0 Å². The van der Waals surface area contributed by atoms with E-state index in [0.29, 0.717) is 6.61 Å². The third-order valence-corrected chi connectivity index (χ3v) is 1.74. The van der Waals surface area contributed by atoms with Crippen LogP contribution in [0.5, 0.6) is 0 Å². The van der Waals surface area contributed by atoms with Gasteiger partial charge in [-0.05, 0) is 12.1 Å². The maximum absolute atomic E-state index is 11.3. The number of carbonyl (C=O) groups is 2. The second-order valence-corrected chi connectivity index (χ2v) is 2.87. The van der Waals surface area contributed by atoms with E-state index in [0.717, 1.165) is 0 Å². The van der Waals surface area contributed by atoms with E-state index < -0.39 is 11.9 Å². The standard InChI is InChI=1S/C10H11NO5/c1-15-4-5-16-10(14)7-2-3-8(9(12)13)11-6-7/h2-3,6H,4-5H2,1H3,(H,12,13). The van der Waals surface area contributed by atoms with Crippen LogP contribution in [0.4, 0.5) is 0 Å². The predicted molar refractivity (Wildman–Crippen MR) is 53.4 cm³/mol. The van der Waals surface area contributed by atoms with Crippen molar-refractivity contribution < 1.29 is 24.2 Å². The summed E-state index contributed by atoms with van der Waals surface area (Å²) < 4.78 is 9.53. The third kappa shape index (κ3) is 3.32. The molecule has 0 aliphatic carbocycles. The Bertz CT molecular complexity index is 373. The molecule has 0 atom stereocenters. The molecule has 0 saturated heterocycles. The molecule has 0 saturated carbocycles. The maximum atomic E-state index is 11.3. The molecule has 0 fully saturated rings. The SMILES string of the molecule is COCCOC(=O)c1ccc(C(=O)O)nc1. The number of esters is 1. The number of hydrogen-bond donors (Lipinski definition) is 1. The normalized spacial score (nSPS) is 9.81. The number of carbonyl (C=O) groups excluding carboxylic acids is 1. The van der Waals surface area contributed by atoms with Crippen molar-refractivity contribution in [1.29, 1.82) is 0 Å². The van der Waals surface area contributed by atoms with Gasteiger partial charge in [-0.2, -0.15) is 0 Å². The van der Waals surface area contributed by atoms with E-state index in [1.165, 1.54) is 25.4 Å². The number of methoxy groups -OCH3 is 1. The van der Waals surface area contributed by atoms with E-state index in [2.05, 4.69) is 4.98 Å². The predicted octanol–water partition coefficient (Wildman–Crippen LogP) is 0.583. The number of carboxylic acid groups (broad SMARTS) is 1. The minimum atomic E-state index is -1.14. The number of pyridine rings is 1. The fourth-order valence-corrected chi connectivity index (χ4v) is 0.942. The molecule has 0 aliphatic heterocycles. The van der Waals surface area contributed by atoms with Crippen LogP contribution in [0.3, 0.4) is 0 Å². The minimum absolute atomic E-state index is 0.117. The molecule has 0 radical (unpaired) electrons. The van der Waals surface area contributed by atoms with Gasteiger partial charge in [0.2, 0.25) is 0 Å². The molecule has 1 aromatic rings. The van der Waals surface area contributed by atoms with Crippen molar-refractivity contribution in [2.45, 2.75) is 0 Å². The number of carboxylic acids is 1. The molecule has 16 heavy (non-hydrogen) atoms. The Balaban J connectivity index is 2.59. The van der Waals surface area contributed by atoms with Gasteiger partial charge in [-0.3, -0.25) is 0 Å². The van der Waals surface area contributed by atoms with Crippen molar-refractivity contribution in [1.82, 2.24) is 4.98 Å². The molecule has 0 aromatic carbocycles. The molecule has 6 heteroatoms. The van der Waals surface area contributed by atoms with Crippen LogP contribution in [0.1, 0.15) is 20.8 Å². The number of hydrogen-bond acceptors (Lipinski definition) is 5. The average molecular weight is 225 g/mol. The molecule has 1 rings (SSSR count). The Morgan fingerprint density at radius 1 is 1.38 bits per heavy atom. The van der Waals surface area contributed by atoms with Gasteiger partial charge in [0.15, 0.2) is 0 Å². The first kappa shape index (κ1) is 12.1. The Morgan fingerprint density at radius 2 is 2.12 bits per heavy atom. The third-order valence-electron chi connectivity index (χ3n) is 1.74. The molecule has 0 bridgehead atoms. The highest BCUT2D eigenvalue weighted by atomic mass is 16.6. The number of aromatic carboxylic acids is 1. The molecule has 0 spiro atoms. The molecule has 1 heterocycles. The molecule has 1 N–H and O–H groups in total. The zero-order chi connectivity index (χ0) is 12.0. The van der Waals surface area contributed by atoms with Gasteiger partial charge in [-0.15, -0.1) is 0 Å². The second kappa shape index (κ2) is 5.82. The lowest BCUT2D eigenvalue weighted by atomic mass is 10.2. The van der Waals surface area contributed by atoms with E-state index in [4.69, 9.17) is 14.6 Å². The van der Waals surface area contributed by atoms with Crippen LogP contribution < -0.4 is 0 Å². The lowest BCUT2D eigenvalue weighted by molar-refractivity contribution is 0.0387. The lowest BCUT2D eigenvalue weighted by Crippen LogP contribution is -2.11. The molecule has 6 nitrogen and oxygen atoms in total. The second-order valence-electron chi connectivity index (χ2n) is 2.87. The van der Waals surface area contributed by atoms with E-state index in [1.54, 1.807) is 0 Å². The monoisotopic (exact) mass is 225 g/mol. The van der Waals surface area contributed by atoms with Gasteiger partial charge in [0.1, 0.15) is 12.3 Å². The molecule has 86 valence electrons. The molecular formula is C10H11NO5. The first-order valence-corrected chi connectivity index (χ1v) is 4.50. The fourth-order valence-electron chi connectivity index (χ4n) is 0.942. The van der Waals surface area contributed by atoms with Gasteiger partial charge in [0.05, 0.1) is 12.2 Å². The van der Waals surface area contributed by atoms with E-state index in [9.17, 15) is 9.59 Å². The average Bonchev–Trinajstić information content (AvgIpc) is 2.29. The first-order chi connectivity index (χ1) is 7.65. The van der Waals surface area contributed by atoms with Crippen LogP contribution in [-0.4, -0.2) is 42.4 Å². The van der Waals surface area contributed by atoms with Crippen LogP contribution in [-0.2, 0) is 9.47 Å². The largest absolute Gasteiger partial charge is 0.477 e. The Hall–Kier alpha value is -1.95. The zero-order valence-corrected chi connectivity index (χ0v) is 8.67. The van der Waals surface area contributed by atoms with E-state index in [-0.39, 0.29) is 17.9 Å². The van der Waals surface area contributed by atoms with E-state index in [1.807, 2.05) is 0 Å². The Kier molecular flexibility index (Phi) is 4.41. The highest BCUT2D eigenvalue weighted by Crippen LogP contribution is 2.02. The van der Waals surface area contributed by atoms with Gasteiger partial charge in [-0.25, -0.2) is 14.6 Å². The number of ether oxygens (including phenoxy) is 2. The Morgan fingerprint density at radius 3 is 2.62 bits per heavy atom. The zero-order valence-electron chi connectivity index (χ0n) is 8.67. The lowest BCUT2D eigenvalue weighted by Gasteiger charge is -2.03. The van der Waals surface area contributed by atoms with Gasteiger partial charge in [-0.1, -0.05) is 0 Å². The van der Waals surface area contributed by atoms with Crippen LogP contribution >= 0.6 is 0 Å². The van der Waals surface area contributed by atoms with Crippen molar-refractivity contribution in [3.63, 3.8) is 0 Å². The summed E-state index contributed by atoms with van der Waals surface area (Å²) in [6.07, 6.45) is 1.17. The summed E-state index contributed by atoms with van der Waals surface area (Å²) in [5.41, 5.74) is 0.0922. The first-order valence-electron chi connectivity index (χ1n) is 4.50. The van der Waals surface area contributed by atoms with Gasteiger partial charge < -0.3 is 14.6 Å². The van der Waals surface area contributed by atoms with Gasteiger partial charge in [0, 0.05) is 13.3 Å². The highest BCUT2D eigenvalue weighted by Gasteiger charge is 2.09. The van der Waals surface area contributed by atoms with Crippen molar-refractivity contribution >= 4 is 11.9 Å². The van der Waals surface area contributed by atoms with Crippen molar-refractivity contribution in [2.75, 3.05) is 20.3 Å². The van der Waals surface area contributed by atoms with E-state index >= 15 is 0 Å². The maximum Gasteiger partial charge on any atom is 0.354 e. The molecule has 0 unspecified atom stereocenters. The molecule has 0 aliphatic rings. The molecule has 1 aromatic heterocycles. The summed E-state index contributed by atoms with van der Waals surface area (Å²) in [7, 11) is 1.50. The summed E-state index contributed by atoms with van der Waals surface area (Å²) in [5, 5.41) is 8.59. The van der Waals surface area contributed by atoms with Gasteiger partial charge in [0.25, 0.3) is 0 Å². The van der Waals surface area contributed by atoms with Crippen molar-refractivity contribution in [3.8, 4) is 0 Å². The summed E-state index contributed by atoms with van der Waals surface area (Å²) in [6.45, 7) is 0.461. The topological polar surface area (TPSA) is 85.7 Å². The van der Waals surface area contributed by atoms with Crippen molar-refractivity contribution in [3.05, 3.63) is 29.6 Å². The number of aromatic nitrogens is 1. The number of rotatable bonds is 5. The summed E-state index contributed by atoms with van der Waals surface area (Å²) >= 11 is 0. The Labute approximate surface area is 91.8 Å². The van der Waals surface area contributed by atoms with Gasteiger partial charge >= 0.3 is 11.9 Å². The summed E-state index contributed by atoms with van der Waals surface area (Å²) in [4.78, 5) is 25.4. The number of nitrogens with zero attached hydrogens (tertiary/aromatic N) is 1. The smallest absolute Gasteiger partial charge is 0.354 e. The molecular weight excluding hydrogens is 214 g/mol. The van der Waals surface area contributed by atoms with Crippen molar-refractivity contribution in [2.24, 2.45) is 0 Å². The molecule has 0 amide bonds. The summed E-state index contributed by atoms with van der Waals surface area (Å²) in [5.74, 6) is -1.69. The fraction of sp³-hybridized carbons (Fsp3) is 0.300. The van der Waals surface area contributed by atoms with Crippen LogP contribution in [0.25, 0.3) is 0 Å². The van der Waals surface area contributed by atoms with Crippen LogP contribution in [0.15, 0.2) is 18.3 Å². The summed E-state index contributed by atoms with van der Waals surface area (Å²) in [6, 6.07) is 2.60. The van der Waals surface area contributed by atoms with Crippen LogP contribution in [0.2, 0.25) is 0 Å².